The molecule has 0 fully saturated rings. The molecule has 0 saturated heterocycles. The van der Waals surface area contributed by atoms with Gasteiger partial charge in [-0.15, -0.1) is 0 Å². The van der Waals surface area contributed by atoms with Crippen molar-refractivity contribution in [2.45, 2.75) is 108 Å². The zero-order valence-electron chi connectivity index (χ0n) is 33.8. The number of carbonyl (C=O) groups excluding carboxylic acids is 2. The molecule has 4 N–H and O–H groups in total. The molecule has 0 saturated carbocycles. The molecule has 0 radical (unpaired) electrons. The number of nitrogens with one attached hydrogen (secondary N) is 2. The molecule has 61 heavy (non-hydrogen) atoms. The van der Waals surface area contributed by atoms with Gasteiger partial charge in [0.05, 0.1) is 17.1 Å². The van der Waals surface area contributed by atoms with Crippen molar-refractivity contribution >= 4 is 35.3 Å². The first-order valence-corrected chi connectivity index (χ1v) is 21.0. The highest BCUT2D eigenvalue weighted by Crippen LogP contribution is 2.40. The Labute approximate surface area is 353 Å². The van der Waals surface area contributed by atoms with E-state index in [1.807, 2.05) is 18.2 Å². The third-order valence-electron chi connectivity index (χ3n) is 11.9. The zero-order chi connectivity index (χ0) is 42.3. The number of carbonyl (C=O) groups is 4. The summed E-state index contributed by atoms with van der Waals surface area (Å²) in [5.41, 5.74) is 13.3. The summed E-state index contributed by atoms with van der Waals surface area (Å²) in [7, 11) is 0. The molecule has 2 heterocycles. The Morgan fingerprint density at radius 2 is 1.05 bits per heavy atom. The molecule has 5 aromatic rings. The van der Waals surface area contributed by atoms with E-state index >= 15 is 0 Å². The Morgan fingerprint density at radius 3 is 1.49 bits per heavy atom. The van der Waals surface area contributed by atoms with E-state index in [9.17, 15) is 29.4 Å². The van der Waals surface area contributed by atoms with E-state index in [0.29, 0.717) is 17.0 Å². The summed E-state index contributed by atoms with van der Waals surface area (Å²) in [6.07, 6.45) is 16.8. The van der Waals surface area contributed by atoms with E-state index in [4.69, 9.17) is 9.47 Å². The molecule has 14 heteroatoms. The summed E-state index contributed by atoms with van der Waals surface area (Å²) in [4.78, 5) is 65.8. The number of nitrogens with zero attached hydrogens (tertiary/aromatic N) is 4. The minimum absolute atomic E-state index is 0.00984. The number of hydrogen-bond donors (Lipinski definition) is 4. The molecule has 3 aromatic carbocycles. The molecule has 2 unspecified atom stereocenters. The van der Waals surface area contributed by atoms with Gasteiger partial charge in [-0.2, -0.15) is 0 Å². The van der Waals surface area contributed by atoms with Crippen molar-refractivity contribution in [2.75, 3.05) is 10.6 Å². The number of aryl methyl sites for hydroxylation is 4. The number of aliphatic carboxylic acids is 2. The third kappa shape index (κ3) is 9.60. The number of ether oxygens (including phenoxy) is 2. The Hall–Kier alpha value is -6.54. The highest BCUT2D eigenvalue weighted by Gasteiger charge is 2.33. The molecule has 4 aliphatic carbocycles. The fraction of sp³-hybridized carbons (Fsp3) is 0.362. The van der Waals surface area contributed by atoms with E-state index in [-0.39, 0.29) is 18.7 Å². The van der Waals surface area contributed by atoms with Crippen LogP contribution in [0.25, 0.3) is 0 Å². The lowest BCUT2D eigenvalue weighted by atomic mass is 9.98. The second-order valence-electron chi connectivity index (χ2n) is 15.9. The van der Waals surface area contributed by atoms with E-state index in [1.165, 1.54) is 81.7 Å². The fourth-order valence-electron chi connectivity index (χ4n) is 9.09. The summed E-state index contributed by atoms with van der Waals surface area (Å²) in [6.45, 7) is 0. The van der Waals surface area contributed by atoms with Crippen molar-refractivity contribution in [1.29, 1.82) is 0 Å². The summed E-state index contributed by atoms with van der Waals surface area (Å²) in [5, 5.41) is 25.3. The lowest BCUT2D eigenvalue weighted by molar-refractivity contribution is -0.157. The normalized spacial score (nSPS) is 15.8. The van der Waals surface area contributed by atoms with Gasteiger partial charge in [-0.25, -0.2) is 14.4 Å². The van der Waals surface area contributed by atoms with Crippen molar-refractivity contribution in [3.05, 3.63) is 141 Å². The van der Waals surface area contributed by atoms with Gasteiger partial charge in [-0.3, -0.25) is 30.0 Å². The molecule has 2 aromatic heterocycles. The Balaban J connectivity index is 0.000000173. The van der Waals surface area contributed by atoms with E-state index < -0.39 is 36.3 Å². The van der Waals surface area contributed by atoms with Crippen LogP contribution in [0.15, 0.2) is 79.6 Å². The number of rotatable bonds is 13. The van der Waals surface area contributed by atoms with Gasteiger partial charge in [0.1, 0.15) is 0 Å². The molecule has 4 aliphatic rings. The second-order valence-corrected chi connectivity index (χ2v) is 15.9. The van der Waals surface area contributed by atoms with E-state index in [2.05, 4.69) is 42.7 Å². The molecule has 2 amide bonds. The topological polar surface area (TPSA) is 203 Å². The Morgan fingerprint density at radius 1 is 0.590 bits per heavy atom. The predicted octanol–water partition coefficient (Wildman–Crippen LogP) is 6.54. The lowest BCUT2D eigenvalue weighted by Crippen LogP contribution is -2.34. The SMILES string of the molecule is O=C(Nc1c2c(cc3c1CCC3)CCC2)O[C@H](Cc1cnccn1)C(=O)O.O=C(O)C(Cc1cnccn1)OC(C(=O)Nc1c2c(cc3c1CCC3)CCC2)c1ccccc1. The largest absolute Gasteiger partial charge is 0.479 e. The van der Waals surface area contributed by atoms with Gasteiger partial charge >= 0.3 is 18.0 Å². The molecule has 0 aliphatic heterocycles. The average molecular weight is 825 g/mol. The van der Waals surface area contributed by atoms with E-state index in [0.717, 1.165) is 88.4 Å². The van der Waals surface area contributed by atoms with Crippen molar-refractivity contribution in [1.82, 2.24) is 19.9 Å². The maximum absolute atomic E-state index is 13.7. The molecular formula is C47H48N6O8. The van der Waals surface area contributed by atoms with Gasteiger partial charge in [0.15, 0.2) is 12.2 Å². The van der Waals surface area contributed by atoms with Gasteiger partial charge in [-0.1, -0.05) is 42.5 Å². The lowest BCUT2D eigenvalue weighted by Gasteiger charge is -2.24. The van der Waals surface area contributed by atoms with Gasteiger partial charge in [0.2, 0.25) is 6.10 Å². The van der Waals surface area contributed by atoms with Crippen LogP contribution in [0.4, 0.5) is 16.2 Å². The van der Waals surface area contributed by atoms with Gasteiger partial charge in [0, 0.05) is 55.7 Å². The number of benzene rings is 3. The average Bonchev–Trinajstić information content (AvgIpc) is 4.11. The minimum Gasteiger partial charge on any atom is -0.479 e. The number of fused-ring (bicyclic) bond motifs is 4. The van der Waals surface area contributed by atoms with Crippen LogP contribution in [-0.4, -0.2) is 66.3 Å². The first-order chi connectivity index (χ1) is 29.7. The maximum atomic E-state index is 13.7. The number of amides is 2. The second kappa shape index (κ2) is 18.8. The number of carboxylic acids is 2. The Kier molecular flexibility index (Phi) is 12.7. The standard InChI is InChI=1S/C27H27N3O4.C20H21N3O4/c31-26(30-24-21-10-4-8-18(21)14-19-9-5-11-22(19)24)25(17-6-2-1-3-7-17)34-23(27(32)33)15-20-16-28-12-13-29-20;24-19(25)17(10-14-11-21-7-8-22-14)27-20(26)23-18-15-5-1-3-12(15)9-13-4-2-6-16(13)18/h1-3,6-7,12-14,16,23,25H,4-5,8-11,15H2,(H,30,31)(H,32,33);7-9,11,17H,1-6,10H2,(H,23,26)(H,24,25)/t;17-/m.1/s1. The number of carboxylic acid groups (broad SMARTS) is 2. The highest BCUT2D eigenvalue weighted by molar-refractivity contribution is 5.97. The smallest absolute Gasteiger partial charge is 0.412 e. The molecule has 9 rings (SSSR count). The van der Waals surface area contributed by atoms with E-state index in [1.54, 1.807) is 12.1 Å². The highest BCUT2D eigenvalue weighted by atomic mass is 16.6. The predicted molar refractivity (Wildman–Crippen MR) is 224 cm³/mol. The molecule has 0 spiro atoms. The van der Waals surface area contributed by atoms with Crippen LogP contribution in [0.5, 0.6) is 0 Å². The van der Waals surface area contributed by atoms with Gasteiger partial charge in [-0.05, 0) is 127 Å². The Bertz CT molecular complexity index is 2350. The molecule has 3 atom stereocenters. The van der Waals surface area contributed by atoms with Crippen LogP contribution >= 0.6 is 0 Å². The number of hydrogen-bond acceptors (Lipinski definition) is 10. The van der Waals surface area contributed by atoms with Crippen molar-refractivity contribution in [3.8, 4) is 0 Å². The number of anilines is 2. The summed E-state index contributed by atoms with van der Waals surface area (Å²) in [5.74, 6) is -2.72. The van der Waals surface area contributed by atoms with Gasteiger partial charge in [0.25, 0.3) is 5.91 Å². The zero-order valence-corrected chi connectivity index (χ0v) is 33.8. The quantitative estimate of drug-likeness (QED) is 0.1000. The van der Waals surface area contributed by atoms with Crippen LogP contribution < -0.4 is 10.6 Å². The van der Waals surface area contributed by atoms with Crippen LogP contribution in [0.2, 0.25) is 0 Å². The monoisotopic (exact) mass is 824 g/mol. The molecule has 314 valence electrons. The van der Waals surface area contributed by atoms with Gasteiger partial charge < -0.3 is 25.0 Å². The number of aromatic nitrogens is 4. The minimum atomic E-state index is -1.31. The van der Waals surface area contributed by atoms with Crippen molar-refractivity contribution in [3.63, 3.8) is 0 Å². The first kappa shape index (κ1) is 41.2. The van der Waals surface area contributed by atoms with Crippen LogP contribution in [-0.2, 0) is 88.1 Å². The van der Waals surface area contributed by atoms with Crippen LogP contribution in [0, 0.1) is 0 Å². The summed E-state index contributed by atoms with van der Waals surface area (Å²) in [6, 6.07) is 13.6. The summed E-state index contributed by atoms with van der Waals surface area (Å²) < 4.78 is 11.2. The van der Waals surface area contributed by atoms with Crippen LogP contribution in [0.3, 0.4) is 0 Å². The first-order valence-electron chi connectivity index (χ1n) is 21.0. The van der Waals surface area contributed by atoms with Crippen molar-refractivity contribution < 1.29 is 38.9 Å². The maximum Gasteiger partial charge on any atom is 0.412 e. The molecular weight excluding hydrogens is 777 g/mol. The molecule has 0 bridgehead atoms. The van der Waals surface area contributed by atoms with Crippen LogP contribution in [0.1, 0.15) is 93.2 Å². The third-order valence-corrected chi connectivity index (χ3v) is 11.9. The fourth-order valence-corrected chi connectivity index (χ4v) is 9.09. The molecule has 14 nitrogen and oxygen atoms in total. The summed E-state index contributed by atoms with van der Waals surface area (Å²) >= 11 is 0. The van der Waals surface area contributed by atoms with Crippen molar-refractivity contribution in [2.24, 2.45) is 0 Å².